The van der Waals surface area contributed by atoms with Crippen molar-refractivity contribution in [2.24, 2.45) is 5.92 Å². The summed E-state index contributed by atoms with van der Waals surface area (Å²) in [6.45, 7) is 8.53. The number of nitrogens with zero attached hydrogens (tertiary/aromatic N) is 3. The van der Waals surface area contributed by atoms with Crippen molar-refractivity contribution < 1.29 is 9.26 Å². The minimum Gasteiger partial charge on any atom is -0.377 e. The Morgan fingerprint density at radius 3 is 2.70 bits per heavy atom. The molecule has 2 fully saturated rings. The van der Waals surface area contributed by atoms with Crippen molar-refractivity contribution in [3.63, 3.8) is 0 Å². The first-order valence-corrected chi connectivity index (χ1v) is 7.92. The molecule has 112 valence electrons. The molecule has 0 aliphatic carbocycles. The van der Waals surface area contributed by atoms with Crippen molar-refractivity contribution in [1.82, 2.24) is 15.0 Å². The summed E-state index contributed by atoms with van der Waals surface area (Å²) in [4.78, 5) is 6.96. The van der Waals surface area contributed by atoms with E-state index in [1.807, 2.05) is 6.92 Å². The second-order valence-electron chi connectivity index (χ2n) is 6.04. The lowest BCUT2D eigenvalue weighted by atomic mass is 9.81. The number of ether oxygens (including phenoxy) is 1. The fourth-order valence-electron chi connectivity index (χ4n) is 3.59. The van der Waals surface area contributed by atoms with Crippen LogP contribution in [-0.4, -0.2) is 47.4 Å². The van der Waals surface area contributed by atoms with Crippen LogP contribution in [-0.2, 0) is 4.74 Å². The Bertz CT molecular complexity index is 427. The molecule has 0 spiro atoms. The third kappa shape index (κ3) is 2.88. The highest BCUT2D eigenvalue weighted by Crippen LogP contribution is 2.37. The van der Waals surface area contributed by atoms with Crippen LogP contribution in [0.3, 0.4) is 0 Å². The van der Waals surface area contributed by atoms with Crippen LogP contribution < -0.4 is 0 Å². The van der Waals surface area contributed by atoms with Gasteiger partial charge in [-0.05, 0) is 58.2 Å². The van der Waals surface area contributed by atoms with Crippen molar-refractivity contribution in [2.45, 2.75) is 51.6 Å². The van der Waals surface area contributed by atoms with Gasteiger partial charge in [-0.2, -0.15) is 4.98 Å². The lowest BCUT2D eigenvalue weighted by Crippen LogP contribution is -2.42. The first-order valence-electron chi connectivity index (χ1n) is 7.92. The Balaban J connectivity index is 1.69. The maximum absolute atomic E-state index is 6.12. The van der Waals surface area contributed by atoms with Crippen molar-refractivity contribution in [3.05, 3.63) is 11.7 Å². The molecule has 0 unspecified atom stereocenters. The predicted molar refractivity (Wildman–Crippen MR) is 75.6 cm³/mol. The van der Waals surface area contributed by atoms with Gasteiger partial charge >= 0.3 is 0 Å². The molecule has 2 atom stereocenters. The molecule has 1 aromatic rings. The monoisotopic (exact) mass is 279 g/mol. The molecule has 3 heterocycles. The molecule has 20 heavy (non-hydrogen) atoms. The standard InChI is InChI=1S/C15H25N3O2/c1-3-18-8-6-12(7-9-18)14-13(5-4-10-19-14)15-16-11(2)17-20-15/h12-14H,3-10H2,1-2H3/t13-,14+/m1/s1. The second-order valence-corrected chi connectivity index (χ2v) is 6.04. The minimum atomic E-state index is 0.266. The van der Waals surface area contributed by atoms with E-state index in [4.69, 9.17) is 9.26 Å². The second kappa shape index (κ2) is 6.22. The van der Waals surface area contributed by atoms with Gasteiger partial charge in [-0.15, -0.1) is 0 Å². The van der Waals surface area contributed by atoms with Gasteiger partial charge in [0.15, 0.2) is 5.82 Å². The summed E-state index contributed by atoms with van der Waals surface area (Å²) in [5.41, 5.74) is 0. The van der Waals surface area contributed by atoms with Crippen LogP contribution in [0.25, 0.3) is 0 Å². The fourth-order valence-corrected chi connectivity index (χ4v) is 3.59. The van der Waals surface area contributed by atoms with Gasteiger partial charge in [0.2, 0.25) is 5.89 Å². The Labute approximate surface area is 120 Å². The SMILES string of the molecule is CCN1CCC([C@@H]2OCCC[C@H]2c2nc(C)no2)CC1. The van der Waals surface area contributed by atoms with E-state index < -0.39 is 0 Å². The Hall–Kier alpha value is -0.940. The molecule has 1 aromatic heterocycles. The number of aryl methyl sites for hydroxylation is 1. The van der Waals surface area contributed by atoms with Crippen LogP contribution in [0.4, 0.5) is 0 Å². The predicted octanol–water partition coefficient (Wildman–Crippen LogP) is 2.37. The zero-order chi connectivity index (χ0) is 13.9. The first kappa shape index (κ1) is 14.0. The maximum atomic E-state index is 6.12. The smallest absolute Gasteiger partial charge is 0.232 e. The number of piperidine rings is 1. The summed E-state index contributed by atoms with van der Waals surface area (Å²) >= 11 is 0. The van der Waals surface area contributed by atoms with Gasteiger partial charge in [-0.3, -0.25) is 0 Å². The highest BCUT2D eigenvalue weighted by atomic mass is 16.5. The Morgan fingerprint density at radius 1 is 1.25 bits per heavy atom. The number of likely N-dealkylation sites (tertiary alicyclic amines) is 1. The topological polar surface area (TPSA) is 51.4 Å². The summed E-state index contributed by atoms with van der Waals surface area (Å²) in [6.07, 6.45) is 4.92. The van der Waals surface area contributed by atoms with E-state index in [0.29, 0.717) is 11.8 Å². The van der Waals surface area contributed by atoms with Crippen molar-refractivity contribution in [1.29, 1.82) is 0 Å². The number of hydrogen-bond acceptors (Lipinski definition) is 5. The van der Waals surface area contributed by atoms with E-state index in [9.17, 15) is 0 Å². The van der Waals surface area contributed by atoms with E-state index in [-0.39, 0.29) is 6.10 Å². The van der Waals surface area contributed by atoms with Crippen molar-refractivity contribution >= 4 is 0 Å². The minimum absolute atomic E-state index is 0.266. The molecular weight excluding hydrogens is 254 g/mol. The van der Waals surface area contributed by atoms with Crippen molar-refractivity contribution in [2.75, 3.05) is 26.2 Å². The number of hydrogen-bond donors (Lipinski definition) is 0. The molecule has 0 bridgehead atoms. The molecule has 0 saturated carbocycles. The maximum Gasteiger partial charge on any atom is 0.232 e. The van der Waals surface area contributed by atoms with E-state index in [1.165, 1.54) is 25.9 Å². The highest BCUT2D eigenvalue weighted by molar-refractivity contribution is 5.01. The third-order valence-corrected chi connectivity index (χ3v) is 4.77. The third-order valence-electron chi connectivity index (χ3n) is 4.77. The Kier molecular flexibility index (Phi) is 4.36. The van der Waals surface area contributed by atoms with Gasteiger partial charge in [-0.1, -0.05) is 12.1 Å². The largest absolute Gasteiger partial charge is 0.377 e. The summed E-state index contributed by atoms with van der Waals surface area (Å²) in [5.74, 6) is 2.44. The molecule has 5 nitrogen and oxygen atoms in total. The average molecular weight is 279 g/mol. The Morgan fingerprint density at radius 2 is 2.05 bits per heavy atom. The molecule has 0 amide bonds. The molecule has 2 saturated heterocycles. The van der Waals surface area contributed by atoms with E-state index in [1.54, 1.807) is 0 Å². The fraction of sp³-hybridized carbons (Fsp3) is 0.867. The lowest BCUT2D eigenvalue weighted by molar-refractivity contribution is -0.0576. The van der Waals surface area contributed by atoms with Gasteiger partial charge < -0.3 is 14.2 Å². The zero-order valence-corrected chi connectivity index (χ0v) is 12.5. The van der Waals surface area contributed by atoms with Gasteiger partial charge in [0.05, 0.1) is 12.0 Å². The first-order chi connectivity index (χ1) is 9.78. The van der Waals surface area contributed by atoms with E-state index in [0.717, 1.165) is 37.7 Å². The summed E-state index contributed by atoms with van der Waals surface area (Å²) < 4.78 is 11.5. The summed E-state index contributed by atoms with van der Waals surface area (Å²) in [5, 5.41) is 3.95. The summed E-state index contributed by atoms with van der Waals surface area (Å²) in [6, 6.07) is 0. The van der Waals surface area contributed by atoms with Crippen LogP contribution in [0.2, 0.25) is 0 Å². The molecule has 0 radical (unpaired) electrons. The molecule has 0 aromatic carbocycles. The van der Waals surface area contributed by atoms with Gasteiger partial charge in [-0.25, -0.2) is 0 Å². The van der Waals surface area contributed by atoms with Crippen LogP contribution >= 0.6 is 0 Å². The molecular formula is C15H25N3O2. The molecule has 0 N–H and O–H groups in total. The van der Waals surface area contributed by atoms with Crippen LogP contribution in [0.5, 0.6) is 0 Å². The highest BCUT2D eigenvalue weighted by Gasteiger charge is 2.38. The zero-order valence-electron chi connectivity index (χ0n) is 12.5. The van der Waals surface area contributed by atoms with E-state index in [2.05, 4.69) is 22.0 Å². The number of rotatable bonds is 3. The molecule has 2 aliphatic heterocycles. The van der Waals surface area contributed by atoms with Gasteiger partial charge in [0, 0.05) is 6.61 Å². The van der Waals surface area contributed by atoms with Crippen LogP contribution in [0.1, 0.15) is 50.2 Å². The molecule has 5 heteroatoms. The van der Waals surface area contributed by atoms with Gasteiger partial charge in [0.25, 0.3) is 0 Å². The van der Waals surface area contributed by atoms with Crippen LogP contribution in [0.15, 0.2) is 4.52 Å². The molecule has 2 aliphatic rings. The average Bonchev–Trinajstić information content (AvgIpc) is 2.94. The van der Waals surface area contributed by atoms with Gasteiger partial charge in [0.1, 0.15) is 0 Å². The molecule has 3 rings (SSSR count). The lowest BCUT2D eigenvalue weighted by Gasteiger charge is -2.39. The summed E-state index contributed by atoms with van der Waals surface area (Å²) in [7, 11) is 0. The van der Waals surface area contributed by atoms with Crippen LogP contribution in [0, 0.1) is 12.8 Å². The normalized spacial score (nSPS) is 29.7. The quantitative estimate of drug-likeness (QED) is 0.850. The van der Waals surface area contributed by atoms with E-state index >= 15 is 0 Å². The van der Waals surface area contributed by atoms with Crippen molar-refractivity contribution in [3.8, 4) is 0 Å². The number of aromatic nitrogens is 2.